The molecule has 0 aromatic rings. The zero-order chi connectivity index (χ0) is 9.33. The van der Waals surface area contributed by atoms with Crippen molar-refractivity contribution in [1.82, 2.24) is 0 Å². The first-order valence-electron chi connectivity index (χ1n) is 2.73. The second-order valence-corrected chi connectivity index (χ2v) is 1.28. The van der Waals surface area contributed by atoms with Crippen LogP contribution in [0.25, 0.3) is 0 Å². The number of carbonyl (C=O) groups is 1. The van der Waals surface area contributed by atoms with Gasteiger partial charge in [0.15, 0.2) is 0 Å². The topological polar surface area (TPSA) is 26.3 Å². The third-order valence-electron chi connectivity index (χ3n) is 0.418. The summed E-state index contributed by atoms with van der Waals surface area (Å²) in [6.07, 6.45) is -4.27. The molecule has 0 aliphatic carbocycles. The van der Waals surface area contributed by atoms with Crippen LogP contribution in [0.2, 0.25) is 0 Å². The van der Waals surface area contributed by atoms with Crippen LogP contribution in [0.15, 0.2) is 12.8 Å². The summed E-state index contributed by atoms with van der Waals surface area (Å²) in [6.45, 7) is 5.97. The highest BCUT2D eigenvalue weighted by Gasteiger charge is 2.24. The molecule has 0 amide bonds. The lowest BCUT2D eigenvalue weighted by molar-refractivity contribution is -0.156. The molecule has 0 fully saturated rings. The van der Waals surface area contributed by atoms with Gasteiger partial charge in [-0.1, -0.05) is 6.58 Å². The Hall–Kier alpha value is -1.00. The fourth-order valence-electron chi connectivity index (χ4n) is 0.118. The van der Waals surface area contributed by atoms with E-state index in [-0.39, 0.29) is 0 Å². The number of aldehydes is 1. The quantitative estimate of drug-likeness (QED) is 0.467. The van der Waals surface area contributed by atoms with Crippen molar-refractivity contribution in [2.45, 2.75) is 13.1 Å². The second-order valence-electron chi connectivity index (χ2n) is 1.28. The summed E-state index contributed by atoms with van der Waals surface area (Å²) in [5.41, 5.74) is 0. The molecule has 2 nitrogen and oxygen atoms in total. The number of halogens is 3. The highest BCUT2D eigenvalue weighted by molar-refractivity contribution is 5.56. The Bertz CT molecular complexity index is 109. The summed E-state index contributed by atoms with van der Waals surface area (Å²) in [5, 5.41) is 0. The number of hydrogen-bond donors (Lipinski definition) is 0. The van der Waals surface area contributed by atoms with Gasteiger partial charge in [-0.05, 0) is 6.92 Å². The molecule has 0 unspecified atom stereocenters. The van der Waals surface area contributed by atoms with Gasteiger partial charge in [-0.25, -0.2) is 0 Å². The molecule has 0 N–H and O–H groups in total. The van der Waals surface area contributed by atoms with Crippen LogP contribution in [-0.2, 0) is 9.53 Å². The lowest BCUT2D eigenvalue weighted by Crippen LogP contribution is -2.07. The van der Waals surface area contributed by atoms with Gasteiger partial charge in [0.2, 0.25) is 6.29 Å². The summed E-state index contributed by atoms with van der Waals surface area (Å²) in [5.74, 6) is 0. The molecule has 0 heterocycles. The molecule has 5 heteroatoms. The van der Waals surface area contributed by atoms with Gasteiger partial charge >= 0.3 is 6.18 Å². The molecule has 11 heavy (non-hydrogen) atoms. The Morgan fingerprint density at radius 3 is 1.91 bits per heavy atom. The number of alkyl halides is 3. The van der Waals surface area contributed by atoms with Crippen LogP contribution in [0.3, 0.4) is 0 Å². The fourth-order valence-corrected chi connectivity index (χ4v) is 0.118. The Morgan fingerprint density at radius 2 is 1.91 bits per heavy atom. The van der Waals surface area contributed by atoms with E-state index in [1.54, 1.807) is 0 Å². The summed E-state index contributed by atoms with van der Waals surface area (Å²) in [7, 11) is 0. The van der Waals surface area contributed by atoms with Gasteiger partial charge in [-0.2, -0.15) is 13.2 Å². The van der Waals surface area contributed by atoms with Crippen LogP contribution >= 0.6 is 0 Å². The molecule has 0 saturated carbocycles. The predicted octanol–water partition coefficient (Wildman–Crippen LogP) is 1.91. The number of hydrogen-bond acceptors (Lipinski definition) is 2. The summed E-state index contributed by atoms with van der Waals surface area (Å²) >= 11 is 0. The maximum absolute atomic E-state index is 10.4. The van der Waals surface area contributed by atoms with Crippen molar-refractivity contribution in [2.75, 3.05) is 6.61 Å². The largest absolute Gasteiger partial charge is 0.502 e. The van der Waals surface area contributed by atoms with Crippen LogP contribution in [0.5, 0.6) is 0 Å². The van der Waals surface area contributed by atoms with Gasteiger partial charge in [-0.15, -0.1) is 0 Å². The minimum Gasteiger partial charge on any atom is -0.502 e. The fraction of sp³-hybridized carbons (Fsp3) is 0.500. The van der Waals surface area contributed by atoms with Crippen molar-refractivity contribution >= 4 is 6.29 Å². The molecule has 0 radical (unpaired) electrons. The standard InChI is InChI=1S/C4H8O.C2HF3O/c1-3-5-4-2;3-2(4,5)1-6/h3H,1,4H2,2H3;1H. The van der Waals surface area contributed by atoms with E-state index >= 15 is 0 Å². The van der Waals surface area contributed by atoms with E-state index < -0.39 is 12.5 Å². The van der Waals surface area contributed by atoms with Gasteiger partial charge in [0.25, 0.3) is 0 Å². The zero-order valence-corrected chi connectivity index (χ0v) is 6.02. The highest BCUT2D eigenvalue weighted by Crippen LogP contribution is 2.08. The molecule has 66 valence electrons. The van der Waals surface area contributed by atoms with Crippen LogP contribution in [0.4, 0.5) is 13.2 Å². The summed E-state index contributed by atoms with van der Waals surface area (Å²) in [6, 6.07) is 0. The van der Waals surface area contributed by atoms with Crippen LogP contribution < -0.4 is 0 Å². The highest BCUT2D eigenvalue weighted by atomic mass is 19.4. The van der Waals surface area contributed by atoms with E-state index in [2.05, 4.69) is 11.3 Å². The van der Waals surface area contributed by atoms with Crippen LogP contribution in [0, 0.1) is 0 Å². The molecule has 0 atom stereocenters. The van der Waals surface area contributed by atoms with E-state index in [0.29, 0.717) is 0 Å². The Morgan fingerprint density at radius 1 is 1.55 bits per heavy atom. The summed E-state index contributed by atoms with van der Waals surface area (Å²) < 4.78 is 35.8. The minimum absolute atomic E-state index is 0.726. The maximum atomic E-state index is 10.4. The Labute approximate surface area is 62.7 Å². The molecule has 0 aromatic carbocycles. The number of rotatable bonds is 2. The average Bonchev–Trinajstić information content (AvgIpc) is 1.90. The first-order valence-corrected chi connectivity index (χ1v) is 2.73. The van der Waals surface area contributed by atoms with Crippen molar-refractivity contribution in [2.24, 2.45) is 0 Å². The van der Waals surface area contributed by atoms with Gasteiger partial charge < -0.3 is 4.74 Å². The molecule has 0 aliphatic heterocycles. The van der Waals surface area contributed by atoms with E-state index in [0.717, 1.165) is 6.61 Å². The minimum atomic E-state index is -4.64. The Balaban J connectivity index is 0. The molecule has 0 rings (SSSR count). The van der Waals surface area contributed by atoms with Crippen molar-refractivity contribution in [3.63, 3.8) is 0 Å². The van der Waals surface area contributed by atoms with Gasteiger partial charge in [0.1, 0.15) is 0 Å². The first kappa shape index (κ1) is 12.7. The molecule has 0 aliphatic rings. The van der Waals surface area contributed by atoms with Crippen molar-refractivity contribution < 1.29 is 22.7 Å². The lowest BCUT2D eigenvalue weighted by atomic mass is 10.8. The monoisotopic (exact) mass is 170 g/mol. The third kappa shape index (κ3) is 27.6. The molecular weight excluding hydrogens is 161 g/mol. The van der Waals surface area contributed by atoms with E-state index in [1.165, 1.54) is 6.26 Å². The smallest absolute Gasteiger partial charge is 0.446 e. The predicted molar refractivity (Wildman–Crippen MR) is 33.9 cm³/mol. The Kier molecular flexibility index (Phi) is 8.18. The van der Waals surface area contributed by atoms with Gasteiger partial charge in [0.05, 0.1) is 12.9 Å². The molecule has 0 saturated heterocycles. The third-order valence-corrected chi connectivity index (χ3v) is 0.418. The van der Waals surface area contributed by atoms with Crippen molar-refractivity contribution in [3.05, 3.63) is 12.8 Å². The second kappa shape index (κ2) is 7.11. The van der Waals surface area contributed by atoms with Crippen LogP contribution in [-0.4, -0.2) is 19.1 Å². The SMILES string of the molecule is C=COCC.O=CC(F)(F)F. The number of carbonyl (C=O) groups excluding carboxylic acids is 1. The molecule has 0 spiro atoms. The van der Waals surface area contributed by atoms with Crippen molar-refractivity contribution in [3.8, 4) is 0 Å². The molecule has 0 aromatic heterocycles. The van der Waals surface area contributed by atoms with E-state index in [9.17, 15) is 13.2 Å². The first-order chi connectivity index (χ1) is 4.97. The van der Waals surface area contributed by atoms with Crippen molar-refractivity contribution in [1.29, 1.82) is 0 Å². The average molecular weight is 170 g/mol. The van der Waals surface area contributed by atoms with Gasteiger partial charge in [0, 0.05) is 0 Å². The van der Waals surface area contributed by atoms with E-state index in [1.807, 2.05) is 6.92 Å². The molecular formula is C6H9F3O2. The number of ether oxygens (including phenoxy) is 1. The lowest BCUT2D eigenvalue weighted by Gasteiger charge is -1.87. The van der Waals surface area contributed by atoms with Gasteiger partial charge in [-0.3, -0.25) is 4.79 Å². The maximum Gasteiger partial charge on any atom is 0.446 e. The zero-order valence-electron chi connectivity index (χ0n) is 6.02. The summed E-state index contributed by atoms with van der Waals surface area (Å²) in [4.78, 5) is 8.70. The van der Waals surface area contributed by atoms with E-state index in [4.69, 9.17) is 4.79 Å². The normalized spacial score (nSPS) is 9.09. The van der Waals surface area contributed by atoms with Crippen LogP contribution in [0.1, 0.15) is 6.92 Å². The molecule has 0 bridgehead atoms.